The molecule has 0 radical (unpaired) electrons. The number of rotatable bonds is 6. The number of benzene rings is 1. The van der Waals surface area contributed by atoms with Crippen molar-refractivity contribution >= 4 is 11.6 Å². The molecule has 0 aliphatic heterocycles. The Bertz CT molecular complexity index is 443. The van der Waals surface area contributed by atoms with Gasteiger partial charge in [0.2, 0.25) is 0 Å². The van der Waals surface area contributed by atoms with E-state index in [1.807, 2.05) is 27.1 Å². The molecule has 5 heteroatoms. The van der Waals surface area contributed by atoms with Crippen LogP contribution in [0.3, 0.4) is 0 Å². The fraction of sp³-hybridized carbons (Fsp3) is 0.533. The Labute approximate surface area is 121 Å². The smallest absolute Gasteiger partial charge is 0.191 e. The molecule has 0 spiro atoms. The lowest BCUT2D eigenvalue weighted by molar-refractivity contribution is 0.624. The van der Waals surface area contributed by atoms with Crippen molar-refractivity contribution in [3.8, 4) is 0 Å². The molecular formula is C15H25FN4. The second-order valence-electron chi connectivity index (χ2n) is 4.80. The van der Waals surface area contributed by atoms with Crippen molar-refractivity contribution < 1.29 is 4.39 Å². The summed E-state index contributed by atoms with van der Waals surface area (Å²) in [7, 11) is 3.66. The average Bonchev–Trinajstić information content (AvgIpc) is 2.41. The van der Waals surface area contributed by atoms with Gasteiger partial charge in [-0.25, -0.2) is 9.38 Å². The molecule has 1 aromatic carbocycles. The lowest BCUT2D eigenvalue weighted by atomic mass is 10.2. The van der Waals surface area contributed by atoms with Gasteiger partial charge in [-0.3, -0.25) is 0 Å². The van der Waals surface area contributed by atoms with Crippen LogP contribution in [0, 0.1) is 5.82 Å². The van der Waals surface area contributed by atoms with Gasteiger partial charge in [-0.05, 0) is 31.0 Å². The van der Waals surface area contributed by atoms with Crippen molar-refractivity contribution in [2.75, 3.05) is 32.1 Å². The van der Waals surface area contributed by atoms with Crippen LogP contribution in [0.15, 0.2) is 23.2 Å². The number of aliphatic imine (C=N–C) groups is 1. The van der Waals surface area contributed by atoms with Gasteiger partial charge in [-0.15, -0.1) is 0 Å². The van der Waals surface area contributed by atoms with Gasteiger partial charge in [0.05, 0.1) is 12.2 Å². The van der Waals surface area contributed by atoms with Crippen LogP contribution in [0.25, 0.3) is 0 Å². The van der Waals surface area contributed by atoms with Crippen molar-refractivity contribution in [2.24, 2.45) is 4.99 Å². The Hall–Kier alpha value is -1.78. The molecule has 0 aliphatic carbocycles. The Balaban J connectivity index is 2.73. The van der Waals surface area contributed by atoms with E-state index in [1.165, 1.54) is 0 Å². The monoisotopic (exact) mass is 280 g/mol. The van der Waals surface area contributed by atoms with Crippen LogP contribution in [0.4, 0.5) is 10.1 Å². The molecule has 0 heterocycles. The summed E-state index contributed by atoms with van der Waals surface area (Å²) in [6, 6.07) is 5.24. The van der Waals surface area contributed by atoms with Gasteiger partial charge in [0, 0.05) is 27.2 Å². The Kier molecular flexibility index (Phi) is 6.84. The van der Waals surface area contributed by atoms with Crippen LogP contribution >= 0.6 is 0 Å². The van der Waals surface area contributed by atoms with E-state index in [9.17, 15) is 4.39 Å². The summed E-state index contributed by atoms with van der Waals surface area (Å²) >= 11 is 0. The highest BCUT2D eigenvalue weighted by atomic mass is 19.1. The second kappa shape index (κ2) is 8.40. The van der Waals surface area contributed by atoms with Gasteiger partial charge in [-0.1, -0.05) is 13.0 Å². The summed E-state index contributed by atoms with van der Waals surface area (Å²) < 4.78 is 13.9. The predicted molar refractivity (Wildman–Crippen MR) is 83.8 cm³/mol. The third-order valence-corrected chi connectivity index (χ3v) is 2.80. The van der Waals surface area contributed by atoms with Crippen LogP contribution < -0.4 is 15.5 Å². The minimum atomic E-state index is -0.214. The molecule has 112 valence electrons. The highest BCUT2D eigenvalue weighted by Gasteiger charge is 2.05. The number of hydrogen-bond donors (Lipinski definition) is 2. The van der Waals surface area contributed by atoms with E-state index < -0.39 is 0 Å². The summed E-state index contributed by atoms with van der Waals surface area (Å²) in [5.74, 6) is 0.556. The van der Waals surface area contributed by atoms with Crippen molar-refractivity contribution in [1.82, 2.24) is 10.6 Å². The van der Waals surface area contributed by atoms with Crippen molar-refractivity contribution in [3.05, 3.63) is 29.6 Å². The number of hydrogen-bond acceptors (Lipinski definition) is 2. The van der Waals surface area contributed by atoms with E-state index in [1.54, 1.807) is 17.0 Å². The first kappa shape index (κ1) is 16.3. The van der Waals surface area contributed by atoms with E-state index >= 15 is 0 Å². The lowest BCUT2D eigenvalue weighted by Crippen LogP contribution is -2.37. The Morgan fingerprint density at radius 1 is 1.25 bits per heavy atom. The number of guanidine groups is 1. The number of anilines is 1. The van der Waals surface area contributed by atoms with Crippen LogP contribution in [0.1, 0.15) is 25.8 Å². The fourth-order valence-electron chi connectivity index (χ4n) is 1.77. The fourth-order valence-corrected chi connectivity index (χ4v) is 1.77. The lowest BCUT2D eigenvalue weighted by Gasteiger charge is -2.14. The molecular weight excluding hydrogens is 255 g/mol. The second-order valence-corrected chi connectivity index (χ2v) is 4.80. The standard InChI is InChI=1S/C15H25FN4/c1-5-9-18-15(17-6-2)19-11-12-7-8-14(20(3)4)13(16)10-12/h7-8,10H,5-6,9,11H2,1-4H3,(H2,17,18,19). The maximum absolute atomic E-state index is 13.9. The SMILES string of the molecule is CCCNC(=NCc1ccc(N(C)C)c(F)c1)NCC. The van der Waals surface area contributed by atoms with Crippen molar-refractivity contribution in [1.29, 1.82) is 0 Å². The van der Waals surface area contributed by atoms with Gasteiger partial charge in [0.1, 0.15) is 5.82 Å². The summed E-state index contributed by atoms with van der Waals surface area (Å²) in [5.41, 5.74) is 1.45. The third-order valence-electron chi connectivity index (χ3n) is 2.80. The first-order valence-corrected chi connectivity index (χ1v) is 7.06. The zero-order valence-corrected chi connectivity index (χ0v) is 12.8. The first-order valence-electron chi connectivity index (χ1n) is 7.06. The topological polar surface area (TPSA) is 39.7 Å². The van der Waals surface area contributed by atoms with Gasteiger partial charge in [0.25, 0.3) is 0 Å². The van der Waals surface area contributed by atoms with Crippen LogP contribution in [-0.4, -0.2) is 33.1 Å². The van der Waals surface area contributed by atoms with Crippen LogP contribution in [-0.2, 0) is 6.54 Å². The van der Waals surface area contributed by atoms with Gasteiger partial charge in [-0.2, -0.15) is 0 Å². The Morgan fingerprint density at radius 2 is 2.00 bits per heavy atom. The summed E-state index contributed by atoms with van der Waals surface area (Å²) in [4.78, 5) is 6.21. The molecule has 0 amide bonds. The maximum Gasteiger partial charge on any atom is 0.191 e. The highest BCUT2D eigenvalue weighted by molar-refractivity contribution is 5.79. The summed E-state index contributed by atoms with van der Waals surface area (Å²) in [6.07, 6.45) is 1.04. The maximum atomic E-state index is 13.9. The molecule has 0 unspecified atom stereocenters. The van der Waals surface area contributed by atoms with Crippen LogP contribution in [0.5, 0.6) is 0 Å². The van der Waals surface area contributed by atoms with Gasteiger partial charge in [0.15, 0.2) is 5.96 Å². The number of nitrogens with zero attached hydrogens (tertiary/aromatic N) is 2. The molecule has 0 aliphatic rings. The molecule has 4 nitrogen and oxygen atoms in total. The van der Waals surface area contributed by atoms with E-state index in [0.717, 1.165) is 31.0 Å². The molecule has 0 aromatic heterocycles. The van der Waals surface area contributed by atoms with Crippen molar-refractivity contribution in [3.63, 3.8) is 0 Å². The normalized spacial score (nSPS) is 11.3. The molecule has 0 atom stereocenters. The predicted octanol–water partition coefficient (Wildman–Crippen LogP) is 2.36. The van der Waals surface area contributed by atoms with E-state index in [0.29, 0.717) is 12.2 Å². The minimum absolute atomic E-state index is 0.214. The first-order chi connectivity index (χ1) is 9.58. The molecule has 0 saturated carbocycles. The van der Waals surface area contributed by atoms with Gasteiger partial charge < -0.3 is 15.5 Å². The minimum Gasteiger partial charge on any atom is -0.375 e. The van der Waals surface area contributed by atoms with Crippen molar-refractivity contribution in [2.45, 2.75) is 26.8 Å². The zero-order chi connectivity index (χ0) is 15.0. The molecule has 1 rings (SSSR count). The van der Waals surface area contributed by atoms with E-state index in [2.05, 4.69) is 22.5 Å². The molecule has 0 saturated heterocycles. The van der Waals surface area contributed by atoms with Gasteiger partial charge >= 0.3 is 0 Å². The molecule has 20 heavy (non-hydrogen) atoms. The highest BCUT2D eigenvalue weighted by Crippen LogP contribution is 2.18. The zero-order valence-electron chi connectivity index (χ0n) is 12.8. The van der Waals surface area contributed by atoms with Crippen LogP contribution in [0.2, 0.25) is 0 Å². The third kappa shape index (κ3) is 5.07. The number of halogens is 1. The molecule has 1 aromatic rings. The molecule has 0 bridgehead atoms. The van der Waals surface area contributed by atoms with E-state index in [4.69, 9.17) is 0 Å². The summed E-state index contributed by atoms with van der Waals surface area (Å²) in [5, 5.41) is 6.39. The average molecular weight is 280 g/mol. The largest absolute Gasteiger partial charge is 0.375 e. The van der Waals surface area contributed by atoms with E-state index in [-0.39, 0.29) is 5.82 Å². The Morgan fingerprint density at radius 3 is 2.55 bits per heavy atom. The molecule has 2 N–H and O–H groups in total. The molecule has 0 fully saturated rings. The quantitative estimate of drug-likeness (QED) is 0.621. The summed E-state index contributed by atoms with van der Waals surface area (Å²) in [6.45, 7) is 6.27. The number of nitrogens with one attached hydrogen (secondary N) is 2.